The van der Waals surface area contributed by atoms with Gasteiger partial charge in [-0.15, -0.1) is 11.3 Å². The van der Waals surface area contributed by atoms with Crippen LogP contribution in [0.15, 0.2) is 45.7 Å². The molecule has 1 fully saturated rings. The van der Waals surface area contributed by atoms with Crippen LogP contribution in [0.5, 0.6) is 0 Å². The lowest BCUT2D eigenvalue weighted by Gasteiger charge is -2.39. The number of hydrogen-bond donors (Lipinski definition) is 0. The van der Waals surface area contributed by atoms with Crippen molar-refractivity contribution in [1.29, 1.82) is 0 Å². The maximum Gasteiger partial charge on any atom is 0.206 e. The molecule has 0 saturated carbocycles. The molecule has 0 N–H and O–H groups in total. The van der Waals surface area contributed by atoms with Crippen LogP contribution in [0.25, 0.3) is 5.70 Å². The van der Waals surface area contributed by atoms with E-state index < -0.39 is 0 Å². The molecule has 4 rings (SSSR count). The number of aliphatic imine (C=N–C) groups is 1. The molecule has 1 saturated heterocycles. The van der Waals surface area contributed by atoms with Crippen LogP contribution in [0, 0.1) is 0 Å². The Bertz CT molecular complexity index is 839. The van der Waals surface area contributed by atoms with Gasteiger partial charge in [-0.05, 0) is 46.8 Å². The number of benzene rings is 1. The van der Waals surface area contributed by atoms with Crippen molar-refractivity contribution in [2.75, 3.05) is 13.1 Å². The second kappa shape index (κ2) is 7.14. The molecule has 0 spiro atoms. The highest BCUT2D eigenvalue weighted by molar-refractivity contribution is 9.10. The SMILES string of the molecule is C=C1c2scc(Br)c2N=C(N2CCCCC2)N1Cc1ccccc1Cl. The van der Waals surface area contributed by atoms with Gasteiger partial charge in [-0.1, -0.05) is 36.4 Å². The monoisotopic (exact) mass is 435 g/mol. The van der Waals surface area contributed by atoms with Gasteiger partial charge in [0.25, 0.3) is 0 Å². The fourth-order valence-corrected chi connectivity index (χ4v) is 5.08. The summed E-state index contributed by atoms with van der Waals surface area (Å²) in [7, 11) is 0. The van der Waals surface area contributed by atoms with Crippen LogP contribution in [0.2, 0.25) is 5.02 Å². The van der Waals surface area contributed by atoms with Gasteiger partial charge in [-0.25, -0.2) is 4.99 Å². The van der Waals surface area contributed by atoms with Crippen molar-refractivity contribution < 1.29 is 0 Å². The highest BCUT2D eigenvalue weighted by atomic mass is 79.9. The van der Waals surface area contributed by atoms with Crippen LogP contribution in [0.4, 0.5) is 5.69 Å². The molecule has 3 heterocycles. The molecule has 6 heteroatoms. The Morgan fingerprint density at radius 3 is 2.72 bits per heavy atom. The number of hydrogen-bond acceptors (Lipinski definition) is 4. The van der Waals surface area contributed by atoms with E-state index in [1.54, 1.807) is 11.3 Å². The zero-order chi connectivity index (χ0) is 17.4. The lowest BCUT2D eigenvalue weighted by molar-refractivity contribution is 0.306. The van der Waals surface area contributed by atoms with Gasteiger partial charge in [-0.2, -0.15) is 0 Å². The predicted molar refractivity (Wildman–Crippen MR) is 111 cm³/mol. The van der Waals surface area contributed by atoms with Gasteiger partial charge in [0.15, 0.2) is 0 Å². The summed E-state index contributed by atoms with van der Waals surface area (Å²) in [5.74, 6) is 0.996. The lowest BCUT2D eigenvalue weighted by atomic mass is 10.1. The van der Waals surface area contributed by atoms with E-state index >= 15 is 0 Å². The van der Waals surface area contributed by atoms with E-state index in [9.17, 15) is 0 Å². The Labute approximate surface area is 165 Å². The Morgan fingerprint density at radius 1 is 1.20 bits per heavy atom. The minimum absolute atomic E-state index is 0.683. The molecule has 0 amide bonds. The molecule has 1 aromatic heterocycles. The summed E-state index contributed by atoms with van der Waals surface area (Å²) in [6.45, 7) is 7.16. The van der Waals surface area contributed by atoms with Gasteiger partial charge in [0.1, 0.15) is 5.69 Å². The van der Waals surface area contributed by atoms with Gasteiger partial charge in [0.2, 0.25) is 5.96 Å². The predicted octanol–water partition coefficient (Wildman–Crippen LogP) is 6.12. The molecule has 2 aliphatic heterocycles. The molecule has 2 aliphatic rings. The van der Waals surface area contributed by atoms with Crippen LogP contribution in [-0.4, -0.2) is 28.8 Å². The molecular weight excluding hydrogens is 418 g/mol. The maximum atomic E-state index is 6.41. The zero-order valence-electron chi connectivity index (χ0n) is 13.8. The highest BCUT2D eigenvalue weighted by Gasteiger charge is 2.31. The normalized spacial score (nSPS) is 17.5. The highest BCUT2D eigenvalue weighted by Crippen LogP contribution is 2.44. The van der Waals surface area contributed by atoms with Crippen molar-refractivity contribution in [3.63, 3.8) is 0 Å². The van der Waals surface area contributed by atoms with E-state index in [0.717, 1.165) is 50.4 Å². The molecule has 25 heavy (non-hydrogen) atoms. The minimum Gasteiger partial charge on any atom is -0.342 e. The summed E-state index contributed by atoms with van der Waals surface area (Å²) in [6, 6.07) is 8.00. The Balaban J connectivity index is 1.74. The number of rotatable bonds is 2. The van der Waals surface area contributed by atoms with E-state index in [4.69, 9.17) is 16.6 Å². The third-order valence-electron chi connectivity index (χ3n) is 4.69. The largest absolute Gasteiger partial charge is 0.342 e. The van der Waals surface area contributed by atoms with Crippen LogP contribution < -0.4 is 0 Å². The molecule has 130 valence electrons. The molecule has 2 aromatic rings. The van der Waals surface area contributed by atoms with E-state index in [1.807, 2.05) is 18.2 Å². The summed E-state index contributed by atoms with van der Waals surface area (Å²) in [6.07, 6.45) is 3.72. The number of halogens is 2. The number of thiophene rings is 1. The first-order valence-electron chi connectivity index (χ1n) is 8.46. The number of piperidine rings is 1. The summed E-state index contributed by atoms with van der Waals surface area (Å²) >= 11 is 11.7. The van der Waals surface area contributed by atoms with Crippen LogP contribution in [-0.2, 0) is 6.54 Å². The molecule has 0 atom stereocenters. The molecule has 1 aromatic carbocycles. The number of likely N-dealkylation sites (tertiary alicyclic amines) is 1. The smallest absolute Gasteiger partial charge is 0.206 e. The summed E-state index contributed by atoms with van der Waals surface area (Å²) in [5, 5.41) is 2.87. The zero-order valence-corrected chi connectivity index (χ0v) is 17.0. The van der Waals surface area contributed by atoms with E-state index in [-0.39, 0.29) is 0 Å². The first kappa shape index (κ1) is 17.1. The Hall–Kier alpha value is -1.30. The lowest BCUT2D eigenvalue weighted by Crippen LogP contribution is -2.46. The molecule has 3 nitrogen and oxygen atoms in total. The van der Waals surface area contributed by atoms with Crippen molar-refractivity contribution >= 4 is 56.2 Å². The topological polar surface area (TPSA) is 18.8 Å². The van der Waals surface area contributed by atoms with Crippen molar-refractivity contribution in [3.05, 3.63) is 56.2 Å². The first-order valence-corrected chi connectivity index (χ1v) is 10.5. The van der Waals surface area contributed by atoms with Crippen LogP contribution in [0.1, 0.15) is 29.7 Å². The van der Waals surface area contributed by atoms with Crippen LogP contribution >= 0.6 is 38.9 Å². The van der Waals surface area contributed by atoms with Crippen molar-refractivity contribution in [1.82, 2.24) is 9.80 Å². The second-order valence-electron chi connectivity index (χ2n) is 6.35. The molecule has 0 aliphatic carbocycles. The molecule has 0 radical (unpaired) electrons. The quantitative estimate of drug-likeness (QED) is 0.564. The number of guanidine groups is 1. The van der Waals surface area contributed by atoms with Gasteiger partial charge < -0.3 is 9.80 Å². The van der Waals surface area contributed by atoms with E-state index in [1.165, 1.54) is 19.3 Å². The molecule has 0 bridgehead atoms. The van der Waals surface area contributed by atoms with Gasteiger partial charge in [0, 0.05) is 23.5 Å². The molecule has 0 unspecified atom stereocenters. The van der Waals surface area contributed by atoms with Gasteiger partial charge in [0.05, 0.1) is 21.6 Å². The Kier molecular flexibility index (Phi) is 4.89. The van der Waals surface area contributed by atoms with E-state index in [2.05, 4.69) is 43.8 Å². The summed E-state index contributed by atoms with van der Waals surface area (Å²) < 4.78 is 1.04. The third-order valence-corrected chi connectivity index (χ3v) is 6.98. The summed E-state index contributed by atoms with van der Waals surface area (Å²) in [5.41, 5.74) is 3.10. The Morgan fingerprint density at radius 2 is 1.96 bits per heavy atom. The third kappa shape index (κ3) is 3.25. The second-order valence-corrected chi connectivity index (χ2v) is 8.49. The fraction of sp³-hybridized carbons (Fsp3) is 0.316. The summed E-state index contributed by atoms with van der Waals surface area (Å²) in [4.78, 5) is 10.7. The molecular formula is C19H19BrClN3S. The van der Waals surface area contributed by atoms with Crippen molar-refractivity contribution in [3.8, 4) is 0 Å². The first-order chi connectivity index (χ1) is 12.1. The van der Waals surface area contributed by atoms with Crippen LogP contribution in [0.3, 0.4) is 0 Å². The standard InChI is InChI=1S/C19H19BrClN3S/c1-13-18-17(15(20)12-25-18)22-19(23-9-5-2-6-10-23)24(13)11-14-7-3-4-8-16(14)21/h3-4,7-8,12H,1-2,5-6,9-11H2. The minimum atomic E-state index is 0.683. The average molecular weight is 437 g/mol. The van der Waals surface area contributed by atoms with Crippen molar-refractivity contribution in [2.24, 2.45) is 4.99 Å². The van der Waals surface area contributed by atoms with E-state index in [0.29, 0.717) is 6.54 Å². The maximum absolute atomic E-state index is 6.41. The number of nitrogens with zero attached hydrogens (tertiary/aromatic N) is 3. The van der Waals surface area contributed by atoms with Gasteiger partial charge in [-0.3, -0.25) is 0 Å². The van der Waals surface area contributed by atoms with Gasteiger partial charge >= 0.3 is 0 Å². The number of fused-ring (bicyclic) bond motifs is 1. The average Bonchev–Trinajstić information content (AvgIpc) is 3.01. The fourth-order valence-electron chi connectivity index (χ4n) is 3.34. The van der Waals surface area contributed by atoms with Crippen molar-refractivity contribution in [2.45, 2.75) is 25.8 Å².